The molecule has 0 radical (unpaired) electrons. The van der Waals surface area contributed by atoms with Crippen molar-refractivity contribution in [1.29, 1.82) is 0 Å². The lowest BCUT2D eigenvalue weighted by atomic mass is 10.2. The minimum Gasteiger partial charge on any atom is -0.451 e. The van der Waals surface area contributed by atoms with Crippen LogP contribution in [0.1, 0.15) is 23.1 Å². The Kier molecular flexibility index (Phi) is 4.99. The molecule has 2 heterocycles. The number of nitrogens with zero attached hydrogens (tertiary/aromatic N) is 1. The van der Waals surface area contributed by atoms with Crippen molar-refractivity contribution in [2.75, 3.05) is 6.54 Å². The maximum atomic E-state index is 11.6. The van der Waals surface area contributed by atoms with Crippen molar-refractivity contribution >= 4 is 34.6 Å². The molecule has 0 saturated heterocycles. The van der Waals surface area contributed by atoms with Gasteiger partial charge in [-0.15, -0.1) is 0 Å². The van der Waals surface area contributed by atoms with Gasteiger partial charge in [0.2, 0.25) is 5.91 Å². The van der Waals surface area contributed by atoms with E-state index in [0.717, 1.165) is 15.2 Å². The van der Waals surface area contributed by atoms with Crippen molar-refractivity contribution < 1.29 is 13.6 Å². The van der Waals surface area contributed by atoms with Gasteiger partial charge in [0.15, 0.2) is 9.66 Å². The summed E-state index contributed by atoms with van der Waals surface area (Å²) in [4.78, 5) is 15.9. The summed E-state index contributed by atoms with van der Waals surface area (Å²) < 4.78 is 11.4. The molecular weight excluding hydrogens is 371 g/mol. The van der Waals surface area contributed by atoms with Crippen molar-refractivity contribution in [2.45, 2.75) is 20.3 Å². The molecule has 106 valence electrons. The first-order valence-corrected chi connectivity index (χ1v) is 7.26. The molecule has 0 aliphatic heterocycles. The summed E-state index contributed by atoms with van der Waals surface area (Å²) in [5.41, 5.74) is 0.882. The fourth-order valence-corrected chi connectivity index (χ4v) is 2.18. The van der Waals surface area contributed by atoms with E-state index in [0.29, 0.717) is 24.6 Å². The first kappa shape index (κ1) is 14.8. The normalized spacial score (nSPS) is 11.2. The molecular formula is C14H15IN2O3. The fourth-order valence-electron chi connectivity index (χ4n) is 1.74. The summed E-state index contributed by atoms with van der Waals surface area (Å²) >= 11 is 2.07. The van der Waals surface area contributed by atoms with E-state index in [4.69, 9.17) is 8.83 Å². The zero-order valence-corrected chi connectivity index (χ0v) is 13.4. The van der Waals surface area contributed by atoms with Gasteiger partial charge in [-0.1, -0.05) is 0 Å². The first-order chi connectivity index (χ1) is 9.54. The zero-order chi connectivity index (χ0) is 14.5. The Labute approximate surface area is 130 Å². The number of oxazole rings is 1. The molecule has 0 unspecified atom stereocenters. The molecule has 0 spiro atoms. The van der Waals surface area contributed by atoms with Crippen molar-refractivity contribution in [3.8, 4) is 0 Å². The predicted molar refractivity (Wildman–Crippen MR) is 83.1 cm³/mol. The number of nitrogens with one attached hydrogen (secondary N) is 1. The molecule has 0 fully saturated rings. The molecule has 2 aromatic heterocycles. The van der Waals surface area contributed by atoms with Crippen molar-refractivity contribution in [3.05, 3.63) is 45.1 Å². The SMILES string of the molecule is Cc1nc(CCNC(=O)/C=C/c2ccc(I)o2)c(C)o1. The van der Waals surface area contributed by atoms with Gasteiger partial charge in [-0.2, -0.15) is 0 Å². The summed E-state index contributed by atoms with van der Waals surface area (Å²) in [6, 6.07) is 3.65. The first-order valence-electron chi connectivity index (χ1n) is 6.19. The topological polar surface area (TPSA) is 68.3 Å². The van der Waals surface area contributed by atoms with Crippen LogP contribution in [-0.2, 0) is 11.2 Å². The van der Waals surface area contributed by atoms with Crippen LogP contribution in [0.5, 0.6) is 0 Å². The van der Waals surface area contributed by atoms with Crippen LogP contribution in [0.15, 0.2) is 27.0 Å². The number of carbonyl (C=O) groups excluding carboxylic acids is 1. The minimum absolute atomic E-state index is 0.158. The van der Waals surface area contributed by atoms with Gasteiger partial charge in [0.25, 0.3) is 0 Å². The van der Waals surface area contributed by atoms with Crippen LogP contribution < -0.4 is 5.32 Å². The van der Waals surface area contributed by atoms with Gasteiger partial charge < -0.3 is 14.2 Å². The van der Waals surface area contributed by atoms with E-state index in [1.807, 2.05) is 26.0 Å². The second-order valence-electron chi connectivity index (χ2n) is 4.25. The second kappa shape index (κ2) is 6.74. The third-order valence-electron chi connectivity index (χ3n) is 2.65. The standard InChI is InChI=1S/C14H15IN2O3/c1-9-12(17-10(2)19-9)7-8-16-14(18)6-4-11-3-5-13(15)20-11/h3-6H,7-8H2,1-2H3,(H,16,18)/b6-4+. The third-order valence-corrected chi connectivity index (χ3v) is 3.23. The van der Waals surface area contributed by atoms with Crippen LogP contribution in [0.4, 0.5) is 0 Å². The molecule has 1 N–H and O–H groups in total. The Hall–Kier alpha value is -1.57. The predicted octanol–water partition coefficient (Wildman–Crippen LogP) is 2.86. The lowest BCUT2D eigenvalue weighted by molar-refractivity contribution is -0.116. The number of furan rings is 1. The molecule has 0 aliphatic rings. The van der Waals surface area contributed by atoms with Gasteiger partial charge in [0, 0.05) is 26.0 Å². The zero-order valence-electron chi connectivity index (χ0n) is 11.3. The average Bonchev–Trinajstić information content (AvgIpc) is 2.93. The highest BCUT2D eigenvalue weighted by Crippen LogP contribution is 2.11. The maximum Gasteiger partial charge on any atom is 0.244 e. The fraction of sp³-hybridized carbons (Fsp3) is 0.286. The Bertz CT molecular complexity index is 628. The van der Waals surface area contributed by atoms with E-state index >= 15 is 0 Å². The van der Waals surface area contributed by atoms with Gasteiger partial charge >= 0.3 is 0 Å². The molecule has 2 rings (SSSR count). The number of aromatic nitrogens is 1. The Morgan fingerprint density at radius 3 is 2.80 bits per heavy atom. The van der Waals surface area contributed by atoms with E-state index in [2.05, 4.69) is 32.9 Å². The van der Waals surface area contributed by atoms with Crippen molar-refractivity contribution in [3.63, 3.8) is 0 Å². The molecule has 5 nitrogen and oxygen atoms in total. The van der Waals surface area contributed by atoms with Gasteiger partial charge in [-0.25, -0.2) is 4.98 Å². The van der Waals surface area contributed by atoms with Crippen LogP contribution in [-0.4, -0.2) is 17.4 Å². The van der Waals surface area contributed by atoms with Crippen LogP contribution in [0.25, 0.3) is 6.08 Å². The van der Waals surface area contributed by atoms with E-state index in [1.165, 1.54) is 6.08 Å². The maximum absolute atomic E-state index is 11.6. The number of amides is 1. The summed E-state index contributed by atoms with van der Waals surface area (Å²) in [5.74, 6) is 1.95. The summed E-state index contributed by atoms with van der Waals surface area (Å²) in [5, 5.41) is 2.79. The van der Waals surface area contributed by atoms with Crippen LogP contribution in [0, 0.1) is 17.6 Å². The van der Waals surface area contributed by atoms with Gasteiger partial charge in [0.05, 0.1) is 5.69 Å². The smallest absolute Gasteiger partial charge is 0.244 e. The lowest BCUT2D eigenvalue weighted by Crippen LogP contribution is -2.23. The van der Waals surface area contributed by atoms with Gasteiger partial charge in [0.1, 0.15) is 11.5 Å². The van der Waals surface area contributed by atoms with Crippen molar-refractivity contribution in [1.82, 2.24) is 10.3 Å². The molecule has 2 aromatic rings. The summed E-state index contributed by atoms with van der Waals surface area (Å²) in [7, 11) is 0. The largest absolute Gasteiger partial charge is 0.451 e. The molecule has 0 aliphatic carbocycles. The highest BCUT2D eigenvalue weighted by Gasteiger charge is 2.06. The Balaban J connectivity index is 1.78. The van der Waals surface area contributed by atoms with Crippen LogP contribution >= 0.6 is 22.6 Å². The quantitative estimate of drug-likeness (QED) is 0.634. The highest BCUT2D eigenvalue weighted by atomic mass is 127. The number of halogens is 1. The van der Waals surface area contributed by atoms with Crippen molar-refractivity contribution in [2.24, 2.45) is 0 Å². The number of rotatable bonds is 5. The molecule has 0 saturated carbocycles. The molecule has 0 aromatic carbocycles. The Morgan fingerprint density at radius 2 is 2.20 bits per heavy atom. The second-order valence-corrected chi connectivity index (χ2v) is 5.32. The summed E-state index contributed by atoms with van der Waals surface area (Å²) in [6.07, 6.45) is 3.75. The number of carbonyl (C=O) groups is 1. The monoisotopic (exact) mass is 386 g/mol. The van der Waals surface area contributed by atoms with Crippen LogP contribution in [0.2, 0.25) is 0 Å². The number of hydrogen-bond acceptors (Lipinski definition) is 4. The van der Waals surface area contributed by atoms with E-state index < -0.39 is 0 Å². The molecule has 1 amide bonds. The highest BCUT2D eigenvalue weighted by molar-refractivity contribution is 14.1. The van der Waals surface area contributed by atoms with E-state index in [-0.39, 0.29) is 5.91 Å². The van der Waals surface area contributed by atoms with Gasteiger partial charge in [-0.05, 0) is 47.7 Å². The summed E-state index contributed by atoms with van der Waals surface area (Å²) in [6.45, 7) is 4.20. The van der Waals surface area contributed by atoms with Crippen LogP contribution in [0.3, 0.4) is 0 Å². The van der Waals surface area contributed by atoms with E-state index in [1.54, 1.807) is 6.08 Å². The molecule has 0 atom stereocenters. The number of aryl methyl sites for hydroxylation is 2. The lowest BCUT2D eigenvalue weighted by Gasteiger charge is -2.00. The molecule has 6 heteroatoms. The third kappa shape index (κ3) is 4.22. The number of hydrogen-bond donors (Lipinski definition) is 1. The average molecular weight is 386 g/mol. The van der Waals surface area contributed by atoms with Gasteiger partial charge in [-0.3, -0.25) is 4.79 Å². The Morgan fingerprint density at radius 1 is 1.40 bits per heavy atom. The minimum atomic E-state index is -0.158. The van der Waals surface area contributed by atoms with E-state index in [9.17, 15) is 4.79 Å². The molecule has 20 heavy (non-hydrogen) atoms. The molecule has 0 bridgehead atoms.